The molecule has 1 aromatic heterocycles. The van der Waals surface area contributed by atoms with Crippen molar-refractivity contribution in [2.24, 2.45) is 0 Å². The lowest BCUT2D eigenvalue weighted by Gasteiger charge is -2.23. The van der Waals surface area contributed by atoms with Crippen LogP contribution >= 0.6 is 23.2 Å². The van der Waals surface area contributed by atoms with Crippen LogP contribution in [-0.2, 0) is 19.1 Å². The smallest absolute Gasteiger partial charge is 0.349 e. The Kier molecular flexibility index (Phi) is 8.76. The van der Waals surface area contributed by atoms with Gasteiger partial charge in [0.05, 0.1) is 28.3 Å². The van der Waals surface area contributed by atoms with E-state index in [4.69, 9.17) is 37.4 Å². The zero-order chi connectivity index (χ0) is 26.2. The van der Waals surface area contributed by atoms with E-state index >= 15 is 0 Å². The van der Waals surface area contributed by atoms with Crippen molar-refractivity contribution in [2.45, 2.75) is 12.2 Å². The summed E-state index contributed by atoms with van der Waals surface area (Å²) in [5, 5.41) is 19.4. The van der Waals surface area contributed by atoms with Gasteiger partial charge >= 0.3 is 17.9 Å². The Morgan fingerprint density at radius 1 is 0.806 bits per heavy atom. The summed E-state index contributed by atoms with van der Waals surface area (Å²) >= 11 is 12.0. The molecule has 13 heteroatoms. The number of aliphatic carboxylic acids is 1. The van der Waals surface area contributed by atoms with E-state index in [2.05, 4.69) is 15.5 Å². The van der Waals surface area contributed by atoms with Crippen molar-refractivity contribution in [1.29, 1.82) is 0 Å². The first-order valence-electron chi connectivity index (χ1n) is 10.0. The normalized spacial score (nSPS) is 12.1. The van der Waals surface area contributed by atoms with Gasteiger partial charge in [0.1, 0.15) is 0 Å². The van der Waals surface area contributed by atoms with Gasteiger partial charge in [-0.25, -0.2) is 14.4 Å². The van der Waals surface area contributed by atoms with Crippen molar-refractivity contribution < 1.29 is 38.5 Å². The highest BCUT2D eigenvalue weighted by molar-refractivity contribution is 6.34. The Balaban J connectivity index is 1.93. The third-order valence-corrected chi connectivity index (χ3v) is 5.19. The van der Waals surface area contributed by atoms with Gasteiger partial charge in [0.15, 0.2) is 5.82 Å². The van der Waals surface area contributed by atoms with Gasteiger partial charge in [-0.15, -0.1) is 10.2 Å². The molecule has 11 nitrogen and oxygen atoms in total. The third kappa shape index (κ3) is 6.46. The number of carboxylic acids is 1. The average molecular weight is 534 g/mol. The Labute approximate surface area is 213 Å². The molecule has 0 saturated carbocycles. The Morgan fingerprint density at radius 2 is 1.33 bits per heavy atom. The van der Waals surface area contributed by atoms with Crippen molar-refractivity contribution in [3.8, 4) is 5.88 Å². The summed E-state index contributed by atoms with van der Waals surface area (Å²) in [6.07, 6.45) is -4.44. The zero-order valence-electron chi connectivity index (χ0n) is 18.4. The number of carboxylic acid groups (broad SMARTS) is 1. The maximum Gasteiger partial charge on any atom is 0.349 e. The molecule has 2 aromatic carbocycles. The Morgan fingerprint density at radius 3 is 1.78 bits per heavy atom. The lowest BCUT2D eigenvalue weighted by atomic mass is 10.1. The highest BCUT2D eigenvalue weighted by atomic mass is 35.5. The van der Waals surface area contributed by atoms with E-state index in [-0.39, 0.29) is 32.9 Å². The van der Waals surface area contributed by atoms with E-state index in [1.54, 1.807) is 12.1 Å². The molecule has 0 spiro atoms. The number of rotatable bonds is 9. The summed E-state index contributed by atoms with van der Waals surface area (Å²) < 4.78 is 15.1. The first-order valence-corrected chi connectivity index (χ1v) is 10.8. The molecule has 3 rings (SSSR count). The molecule has 0 unspecified atom stereocenters. The number of hydrogen-bond donors (Lipinski definition) is 2. The molecular formula is C23H17Cl2N3O8. The van der Waals surface area contributed by atoms with Gasteiger partial charge < -0.3 is 24.6 Å². The topological polar surface area (TPSA) is 154 Å². The molecule has 2 atom stereocenters. The van der Waals surface area contributed by atoms with Gasteiger partial charge in [0.25, 0.3) is 5.91 Å². The Hall–Kier alpha value is -4.22. The number of amides is 1. The van der Waals surface area contributed by atoms with E-state index in [1.807, 2.05) is 0 Å². The molecule has 0 radical (unpaired) electrons. The number of carbonyl (C=O) groups is 4. The quantitative estimate of drug-likeness (QED) is 0.391. The molecule has 0 aliphatic heterocycles. The van der Waals surface area contributed by atoms with Gasteiger partial charge in [-0.05, 0) is 30.3 Å². The molecule has 3 aromatic rings. The van der Waals surface area contributed by atoms with Crippen LogP contribution in [0.3, 0.4) is 0 Å². The van der Waals surface area contributed by atoms with E-state index in [0.29, 0.717) is 0 Å². The summed E-state index contributed by atoms with van der Waals surface area (Å²) in [6.45, 7) is 0. The summed E-state index contributed by atoms with van der Waals surface area (Å²) in [6, 6.07) is 14.1. The number of carbonyl (C=O) groups excluding carboxylic acids is 3. The fourth-order valence-corrected chi connectivity index (χ4v) is 3.22. The summed E-state index contributed by atoms with van der Waals surface area (Å²) in [5.74, 6) is -5.23. The van der Waals surface area contributed by atoms with Crippen LogP contribution in [0.2, 0.25) is 10.0 Å². The second-order valence-electron chi connectivity index (χ2n) is 6.90. The van der Waals surface area contributed by atoms with E-state index in [0.717, 1.165) is 0 Å². The predicted octanol–water partition coefficient (Wildman–Crippen LogP) is 3.27. The molecule has 36 heavy (non-hydrogen) atoms. The monoisotopic (exact) mass is 533 g/mol. The molecule has 1 amide bonds. The van der Waals surface area contributed by atoms with Crippen LogP contribution in [0.4, 0.5) is 5.82 Å². The predicted molar refractivity (Wildman–Crippen MR) is 126 cm³/mol. The highest BCUT2D eigenvalue weighted by Gasteiger charge is 2.41. The second-order valence-corrected chi connectivity index (χ2v) is 7.71. The van der Waals surface area contributed by atoms with Crippen LogP contribution in [0.15, 0.2) is 60.7 Å². The zero-order valence-corrected chi connectivity index (χ0v) is 19.9. The van der Waals surface area contributed by atoms with Crippen LogP contribution in [-0.4, -0.2) is 58.4 Å². The largest absolute Gasteiger partial charge is 0.480 e. The van der Waals surface area contributed by atoms with E-state index < -0.39 is 36.0 Å². The number of halogens is 2. The number of methoxy groups -OCH3 is 1. The van der Waals surface area contributed by atoms with Crippen LogP contribution in [0.5, 0.6) is 5.88 Å². The minimum absolute atomic E-state index is 0.0115. The number of hydrogen-bond acceptors (Lipinski definition) is 9. The lowest BCUT2D eigenvalue weighted by molar-refractivity contribution is -0.157. The first kappa shape index (κ1) is 26.4. The average Bonchev–Trinajstić information content (AvgIpc) is 2.86. The molecule has 186 valence electrons. The van der Waals surface area contributed by atoms with Crippen molar-refractivity contribution >= 4 is 52.8 Å². The van der Waals surface area contributed by atoms with Gasteiger partial charge in [0.2, 0.25) is 18.1 Å². The third-order valence-electron chi connectivity index (χ3n) is 4.53. The maximum atomic E-state index is 13.0. The van der Waals surface area contributed by atoms with Crippen molar-refractivity contribution in [3.63, 3.8) is 0 Å². The number of anilines is 1. The molecule has 0 saturated heterocycles. The van der Waals surface area contributed by atoms with Crippen LogP contribution in [0, 0.1) is 0 Å². The number of aromatic nitrogens is 2. The first-order chi connectivity index (χ1) is 17.2. The highest BCUT2D eigenvalue weighted by Crippen LogP contribution is 2.21. The van der Waals surface area contributed by atoms with Crippen molar-refractivity contribution in [1.82, 2.24) is 10.2 Å². The second kappa shape index (κ2) is 12.0. The lowest BCUT2D eigenvalue weighted by Crippen LogP contribution is -2.48. The summed E-state index contributed by atoms with van der Waals surface area (Å²) in [4.78, 5) is 50.5. The number of ether oxygens (including phenoxy) is 3. The molecule has 2 N–H and O–H groups in total. The van der Waals surface area contributed by atoms with E-state index in [9.17, 15) is 24.3 Å². The van der Waals surface area contributed by atoms with Crippen molar-refractivity contribution in [2.75, 3.05) is 12.4 Å². The summed E-state index contributed by atoms with van der Waals surface area (Å²) in [7, 11) is 1.36. The number of nitrogens with one attached hydrogen (secondary N) is 1. The molecule has 0 bridgehead atoms. The summed E-state index contributed by atoms with van der Waals surface area (Å²) in [5.41, 5.74) is -0.314. The standard InChI is InChI=1S/C23H17Cl2N3O8/c1-34-17-11-10-16(27-28-17)26-20(29)18(35-22(32)12-6-2-4-8-14(12)24)19(21(30)31)36-23(33)13-7-3-5-9-15(13)25/h2-11,18-19H,1H3,(H,30,31)(H,26,27,29)/t18-,19-/m1/s1. The van der Waals surface area contributed by atoms with Crippen LogP contribution in [0.1, 0.15) is 20.7 Å². The fourth-order valence-electron chi connectivity index (χ4n) is 2.80. The van der Waals surface area contributed by atoms with Crippen LogP contribution < -0.4 is 10.1 Å². The molecule has 0 fully saturated rings. The fraction of sp³-hybridized carbons (Fsp3) is 0.130. The minimum Gasteiger partial charge on any atom is -0.480 e. The van der Waals surface area contributed by atoms with Crippen molar-refractivity contribution in [3.05, 3.63) is 81.8 Å². The Bertz CT molecular complexity index is 1290. The number of esters is 2. The number of nitrogens with zero attached hydrogens (tertiary/aromatic N) is 2. The van der Waals surface area contributed by atoms with Gasteiger partial charge in [0, 0.05) is 6.07 Å². The van der Waals surface area contributed by atoms with Gasteiger partial charge in [-0.3, -0.25) is 4.79 Å². The minimum atomic E-state index is -2.27. The number of benzene rings is 2. The molecular weight excluding hydrogens is 517 g/mol. The van der Waals surface area contributed by atoms with Crippen LogP contribution in [0.25, 0.3) is 0 Å². The van der Waals surface area contributed by atoms with Gasteiger partial charge in [-0.2, -0.15) is 0 Å². The SMILES string of the molecule is COc1ccc(NC(=O)[C@H](OC(=O)c2ccccc2Cl)[C@@H](OC(=O)c2ccccc2Cl)C(=O)O)nn1. The maximum absolute atomic E-state index is 13.0. The molecule has 1 heterocycles. The molecule has 0 aliphatic carbocycles. The van der Waals surface area contributed by atoms with Gasteiger partial charge in [-0.1, -0.05) is 47.5 Å². The molecule has 0 aliphatic rings. The van der Waals surface area contributed by atoms with E-state index in [1.165, 1.54) is 55.6 Å².